The maximum atomic E-state index is 14.2. The number of imidazole rings is 1. The van der Waals surface area contributed by atoms with Gasteiger partial charge in [-0.1, -0.05) is 13.0 Å². The van der Waals surface area contributed by atoms with Crippen LogP contribution in [0, 0.1) is 5.82 Å². The van der Waals surface area contributed by atoms with Crippen molar-refractivity contribution in [2.45, 2.75) is 32.4 Å². The summed E-state index contributed by atoms with van der Waals surface area (Å²) in [5.74, 6) is -0.226. The van der Waals surface area contributed by atoms with Gasteiger partial charge in [-0.15, -0.1) is 0 Å². The molecule has 0 bridgehead atoms. The molecule has 2 aromatic carbocycles. The number of aromatic hydroxyl groups is 1. The standard InChI is InChI=1S/C29H34FN7O3/c1-3-17-13-26(39)21(30)14-20(17)18-4-5-19-22(12-18)33-34-27(19)28-31-23-15-25(35(2)16-24(23)32-28)29(40)37-8-6-36(7-9-37)10-11-38/h4-5,12-14,25,38-39H,3,6-11,15-16H2,1-2H3,(H,31,32)(H,33,34)/t25-/m0/s1. The lowest BCUT2D eigenvalue weighted by molar-refractivity contribution is -0.139. The summed E-state index contributed by atoms with van der Waals surface area (Å²) in [6.07, 6.45) is 1.18. The smallest absolute Gasteiger partial charge is 0.240 e. The summed E-state index contributed by atoms with van der Waals surface area (Å²) in [7, 11) is 1.97. The SMILES string of the molecule is CCc1cc(O)c(F)cc1-c1ccc2c(-c3nc4c([nH]3)CN(C)[C@H](C(=O)N3CCN(CCO)CC3)C4)n[nH]c2c1. The fraction of sp³-hybridized carbons (Fsp3) is 0.414. The number of fused-ring (bicyclic) bond motifs is 2. The minimum atomic E-state index is -0.649. The van der Waals surface area contributed by atoms with Crippen LogP contribution in [0.1, 0.15) is 23.9 Å². The van der Waals surface area contributed by atoms with Gasteiger partial charge in [0.25, 0.3) is 0 Å². The lowest BCUT2D eigenvalue weighted by Gasteiger charge is -2.39. The summed E-state index contributed by atoms with van der Waals surface area (Å²) in [6.45, 7) is 6.21. The van der Waals surface area contributed by atoms with Crippen LogP contribution >= 0.6 is 0 Å². The van der Waals surface area contributed by atoms with Crippen LogP contribution in [0.4, 0.5) is 4.39 Å². The molecule has 0 aliphatic carbocycles. The van der Waals surface area contributed by atoms with Crippen LogP contribution < -0.4 is 0 Å². The number of aromatic nitrogens is 4. The number of nitrogens with one attached hydrogen (secondary N) is 2. The van der Waals surface area contributed by atoms with Gasteiger partial charge in [0.05, 0.1) is 29.6 Å². The second kappa shape index (κ2) is 10.6. The van der Waals surface area contributed by atoms with Gasteiger partial charge in [0.1, 0.15) is 5.69 Å². The highest BCUT2D eigenvalue weighted by Crippen LogP contribution is 2.34. The molecular formula is C29H34FN7O3. The molecule has 0 spiro atoms. The Balaban J connectivity index is 1.23. The Morgan fingerprint density at radius 2 is 1.98 bits per heavy atom. The molecule has 0 unspecified atom stereocenters. The summed E-state index contributed by atoms with van der Waals surface area (Å²) in [5, 5.41) is 27.5. The van der Waals surface area contributed by atoms with Crippen LogP contribution in [0.5, 0.6) is 5.75 Å². The molecule has 6 rings (SSSR count). The van der Waals surface area contributed by atoms with Crippen LogP contribution in [0.15, 0.2) is 30.3 Å². The van der Waals surface area contributed by atoms with E-state index >= 15 is 0 Å². The van der Waals surface area contributed by atoms with Gasteiger partial charge < -0.3 is 20.1 Å². The van der Waals surface area contributed by atoms with Gasteiger partial charge >= 0.3 is 0 Å². The minimum absolute atomic E-state index is 0.121. The number of nitrogens with zero attached hydrogens (tertiary/aromatic N) is 5. The summed E-state index contributed by atoms with van der Waals surface area (Å²) < 4.78 is 14.2. The first-order valence-electron chi connectivity index (χ1n) is 13.8. The number of phenols is 1. The molecule has 0 radical (unpaired) electrons. The van der Waals surface area contributed by atoms with Crippen molar-refractivity contribution >= 4 is 16.8 Å². The second-order valence-electron chi connectivity index (χ2n) is 10.7. The van der Waals surface area contributed by atoms with Crippen molar-refractivity contribution in [3.8, 4) is 28.4 Å². The third-order valence-electron chi connectivity index (χ3n) is 8.23. The molecule has 4 aromatic rings. The third-order valence-corrected chi connectivity index (χ3v) is 8.23. The Morgan fingerprint density at radius 3 is 2.73 bits per heavy atom. The molecule has 1 atom stereocenters. The lowest BCUT2D eigenvalue weighted by atomic mass is 9.96. The third kappa shape index (κ3) is 4.74. The molecular weight excluding hydrogens is 513 g/mol. The Morgan fingerprint density at radius 1 is 1.18 bits per heavy atom. The number of hydrogen-bond donors (Lipinski definition) is 4. The molecule has 2 aromatic heterocycles. The van der Waals surface area contributed by atoms with Crippen LogP contribution in [0.3, 0.4) is 0 Å². The maximum absolute atomic E-state index is 14.2. The molecule has 40 heavy (non-hydrogen) atoms. The van der Waals surface area contributed by atoms with Crippen LogP contribution in [-0.2, 0) is 24.2 Å². The highest BCUT2D eigenvalue weighted by Gasteiger charge is 2.35. The molecule has 4 heterocycles. The molecule has 1 saturated heterocycles. The summed E-state index contributed by atoms with van der Waals surface area (Å²) >= 11 is 0. The van der Waals surface area contributed by atoms with E-state index in [1.54, 1.807) is 0 Å². The zero-order valence-electron chi connectivity index (χ0n) is 22.7. The monoisotopic (exact) mass is 547 g/mol. The quantitative estimate of drug-likeness (QED) is 0.292. The van der Waals surface area contributed by atoms with E-state index in [4.69, 9.17) is 4.98 Å². The fourth-order valence-electron chi connectivity index (χ4n) is 5.91. The molecule has 11 heteroatoms. The van der Waals surface area contributed by atoms with Crippen molar-refractivity contribution in [3.63, 3.8) is 0 Å². The van der Waals surface area contributed by atoms with E-state index in [9.17, 15) is 19.4 Å². The number of carbonyl (C=O) groups excluding carboxylic acids is 1. The van der Waals surface area contributed by atoms with Gasteiger partial charge in [-0.3, -0.25) is 19.7 Å². The van der Waals surface area contributed by atoms with Crippen molar-refractivity contribution < 1.29 is 19.4 Å². The number of benzene rings is 2. The van der Waals surface area contributed by atoms with Gasteiger partial charge in [0, 0.05) is 51.1 Å². The molecule has 210 valence electrons. The summed E-state index contributed by atoms with van der Waals surface area (Å²) in [5.41, 5.74) is 5.77. The zero-order valence-corrected chi connectivity index (χ0v) is 22.7. The van der Waals surface area contributed by atoms with Gasteiger partial charge in [0.15, 0.2) is 17.4 Å². The molecule has 2 aliphatic heterocycles. The number of aliphatic hydroxyl groups is 1. The Kier molecular flexibility index (Phi) is 7.03. The topological polar surface area (TPSA) is 125 Å². The number of halogens is 1. The average Bonchev–Trinajstić information content (AvgIpc) is 3.57. The maximum Gasteiger partial charge on any atom is 0.240 e. The van der Waals surface area contributed by atoms with E-state index in [1.165, 1.54) is 12.1 Å². The van der Waals surface area contributed by atoms with E-state index in [2.05, 4.69) is 25.0 Å². The Bertz CT molecular complexity index is 1560. The summed E-state index contributed by atoms with van der Waals surface area (Å²) in [6, 6.07) is 8.39. The van der Waals surface area contributed by atoms with Gasteiger partial charge in [-0.2, -0.15) is 5.10 Å². The summed E-state index contributed by atoms with van der Waals surface area (Å²) in [4.78, 5) is 27.9. The molecule has 1 amide bonds. The normalized spacial score (nSPS) is 18.4. The number of aryl methyl sites for hydroxylation is 1. The largest absolute Gasteiger partial charge is 0.505 e. The van der Waals surface area contributed by atoms with E-state index < -0.39 is 5.82 Å². The average molecular weight is 548 g/mol. The van der Waals surface area contributed by atoms with Gasteiger partial charge in [-0.25, -0.2) is 9.37 Å². The Labute approximate surface area is 231 Å². The number of hydrogen-bond acceptors (Lipinski definition) is 7. The molecule has 2 aliphatic rings. The molecule has 1 fully saturated rings. The van der Waals surface area contributed by atoms with Gasteiger partial charge in [-0.05, 0) is 54.4 Å². The number of aromatic amines is 2. The number of piperazine rings is 1. The van der Waals surface area contributed by atoms with Gasteiger partial charge in [0.2, 0.25) is 5.91 Å². The van der Waals surface area contributed by atoms with E-state index in [1.807, 2.05) is 37.1 Å². The van der Waals surface area contributed by atoms with Crippen LogP contribution in [-0.4, -0.2) is 103 Å². The van der Waals surface area contributed by atoms with E-state index in [0.717, 1.165) is 52.1 Å². The first-order chi connectivity index (χ1) is 19.4. The van der Waals surface area contributed by atoms with E-state index in [0.29, 0.717) is 50.5 Å². The minimum Gasteiger partial charge on any atom is -0.505 e. The van der Waals surface area contributed by atoms with Crippen LogP contribution in [0.2, 0.25) is 0 Å². The van der Waals surface area contributed by atoms with Crippen LogP contribution in [0.25, 0.3) is 33.5 Å². The number of phenolic OH excluding ortho intramolecular Hbond substituents is 1. The van der Waals surface area contributed by atoms with Crippen molar-refractivity contribution in [2.24, 2.45) is 0 Å². The number of likely N-dealkylation sites (N-methyl/N-ethyl adjacent to an activating group) is 1. The number of rotatable bonds is 6. The number of H-pyrrole nitrogens is 2. The number of carbonyl (C=O) groups is 1. The van der Waals surface area contributed by atoms with Crippen molar-refractivity contribution in [2.75, 3.05) is 46.4 Å². The van der Waals surface area contributed by atoms with Crippen molar-refractivity contribution in [1.29, 1.82) is 0 Å². The highest BCUT2D eigenvalue weighted by molar-refractivity contribution is 5.94. The lowest BCUT2D eigenvalue weighted by Crippen LogP contribution is -2.56. The van der Waals surface area contributed by atoms with Crippen molar-refractivity contribution in [1.82, 2.24) is 34.9 Å². The first kappa shape index (κ1) is 26.4. The fourth-order valence-corrected chi connectivity index (χ4v) is 5.91. The van der Waals surface area contributed by atoms with E-state index in [-0.39, 0.29) is 24.3 Å². The van der Waals surface area contributed by atoms with Crippen molar-refractivity contribution in [3.05, 3.63) is 53.1 Å². The predicted molar refractivity (Wildman–Crippen MR) is 149 cm³/mol. The highest BCUT2D eigenvalue weighted by atomic mass is 19.1. The Hall–Kier alpha value is -3.80. The zero-order chi connectivity index (χ0) is 28.0. The predicted octanol–water partition coefficient (Wildman–Crippen LogP) is 2.52. The first-order valence-corrected chi connectivity index (χ1v) is 13.8. The molecule has 0 saturated carbocycles. The number of aliphatic hydroxyl groups excluding tert-OH is 1. The molecule has 10 nitrogen and oxygen atoms in total. The number of amides is 1. The molecule has 4 N–H and O–H groups in total. The second-order valence-corrected chi connectivity index (χ2v) is 10.7. The number of β-amino-alcohol motifs (C(OH)–C–C–N with tert-alkyl or cyclic N) is 1.